The summed E-state index contributed by atoms with van der Waals surface area (Å²) in [5.74, 6) is 2.44. The summed E-state index contributed by atoms with van der Waals surface area (Å²) in [6, 6.07) is 0. The molecule has 3 atom stereocenters. The third-order valence-corrected chi connectivity index (χ3v) is 3.88. The zero-order valence-electron chi connectivity index (χ0n) is 7.55. The molecule has 2 saturated carbocycles. The SMILES string of the molecule is CC(=O)[C@H]1CCC2C1C2(C)C. The minimum absolute atomic E-state index is 0.412. The van der Waals surface area contributed by atoms with Crippen molar-refractivity contribution in [1.82, 2.24) is 0 Å². The van der Waals surface area contributed by atoms with Gasteiger partial charge >= 0.3 is 0 Å². The van der Waals surface area contributed by atoms with Crippen molar-refractivity contribution in [3.8, 4) is 0 Å². The van der Waals surface area contributed by atoms with Gasteiger partial charge in [0.25, 0.3) is 0 Å². The molecule has 2 aliphatic carbocycles. The summed E-state index contributed by atoms with van der Waals surface area (Å²) in [6.07, 6.45) is 2.45. The molecule has 0 aliphatic heterocycles. The summed E-state index contributed by atoms with van der Waals surface area (Å²) in [7, 11) is 0. The Hall–Kier alpha value is -0.330. The maximum atomic E-state index is 11.2. The van der Waals surface area contributed by atoms with Gasteiger partial charge in [-0.3, -0.25) is 4.79 Å². The Morgan fingerprint density at radius 3 is 2.27 bits per heavy atom. The molecule has 62 valence electrons. The minimum atomic E-state index is 0.412. The van der Waals surface area contributed by atoms with Crippen molar-refractivity contribution in [3.63, 3.8) is 0 Å². The lowest BCUT2D eigenvalue weighted by atomic mass is 9.90. The van der Waals surface area contributed by atoms with Gasteiger partial charge in [-0.25, -0.2) is 0 Å². The van der Waals surface area contributed by atoms with Crippen LogP contribution >= 0.6 is 0 Å². The van der Waals surface area contributed by atoms with E-state index in [0.29, 0.717) is 17.1 Å². The van der Waals surface area contributed by atoms with Gasteiger partial charge < -0.3 is 0 Å². The molecule has 2 aliphatic rings. The molecule has 0 amide bonds. The summed E-state index contributed by atoms with van der Waals surface area (Å²) in [5, 5.41) is 0. The normalized spacial score (nSPS) is 45.2. The number of fused-ring (bicyclic) bond motifs is 1. The zero-order chi connectivity index (χ0) is 8.22. The van der Waals surface area contributed by atoms with Crippen molar-refractivity contribution >= 4 is 5.78 Å². The molecule has 0 spiro atoms. The van der Waals surface area contributed by atoms with Gasteiger partial charge in [0.2, 0.25) is 0 Å². The Morgan fingerprint density at radius 2 is 2.00 bits per heavy atom. The second-order valence-electron chi connectivity index (χ2n) is 4.75. The summed E-state index contributed by atoms with van der Waals surface area (Å²) in [6.45, 7) is 6.36. The molecule has 2 unspecified atom stereocenters. The van der Waals surface area contributed by atoms with Crippen LogP contribution in [0.1, 0.15) is 33.6 Å². The highest BCUT2D eigenvalue weighted by atomic mass is 16.1. The van der Waals surface area contributed by atoms with E-state index in [2.05, 4.69) is 13.8 Å². The molecule has 0 aromatic heterocycles. The number of ketones is 1. The molecule has 2 fully saturated rings. The number of carbonyl (C=O) groups excluding carboxylic acids is 1. The lowest BCUT2D eigenvalue weighted by Crippen LogP contribution is -2.14. The van der Waals surface area contributed by atoms with Crippen LogP contribution in [0.5, 0.6) is 0 Å². The predicted molar refractivity (Wildman–Crippen MR) is 44.2 cm³/mol. The van der Waals surface area contributed by atoms with Gasteiger partial charge in [-0.05, 0) is 37.0 Å². The molecular weight excluding hydrogens is 136 g/mol. The maximum Gasteiger partial charge on any atom is 0.133 e. The number of hydrogen-bond acceptors (Lipinski definition) is 1. The molecule has 0 radical (unpaired) electrons. The highest BCUT2D eigenvalue weighted by Gasteiger charge is 2.64. The Bertz CT molecular complexity index is 205. The van der Waals surface area contributed by atoms with Gasteiger partial charge in [-0.1, -0.05) is 13.8 Å². The van der Waals surface area contributed by atoms with Gasteiger partial charge in [0.1, 0.15) is 5.78 Å². The van der Waals surface area contributed by atoms with E-state index in [-0.39, 0.29) is 0 Å². The van der Waals surface area contributed by atoms with Crippen LogP contribution in [0, 0.1) is 23.2 Å². The first-order valence-electron chi connectivity index (χ1n) is 4.55. The number of rotatable bonds is 1. The van der Waals surface area contributed by atoms with E-state index in [9.17, 15) is 4.79 Å². The summed E-state index contributed by atoms with van der Waals surface area (Å²) in [5.41, 5.74) is 0.495. The molecule has 0 N–H and O–H groups in total. The van der Waals surface area contributed by atoms with E-state index in [1.807, 2.05) is 0 Å². The van der Waals surface area contributed by atoms with Crippen LogP contribution in [0.15, 0.2) is 0 Å². The van der Waals surface area contributed by atoms with E-state index in [0.717, 1.165) is 18.3 Å². The van der Waals surface area contributed by atoms with Crippen LogP contribution in [0.4, 0.5) is 0 Å². The monoisotopic (exact) mass is 152 g/mol. The van der Waals surface area contributed by atoms with E-state index in [1.165, 1.54) is 6.42 Å². The van der Waals surface area contributed by atoms with Crippen LogP contribution in [0.3, 0.4) is 0 Å². The van der Waals surface area contributed by atoms with Gasteiger partial charge in [0.15, 0.2) is 0 Å². The van der Waals surface area contributed by atoms with Crippen molar-refractivity contribution < 1.29 is 4.79 Å². The number of hydrogen-bond donors (Lipinski definition) is 0. The Kier molecular flexibility index (Phi) is 1.25. The summed E-state index contributed by atoms with van der Waals surface area (Å²) < 4.78 is 0. The topological polar surface area (TPSA) is 17.1 Å². The molecule has 0 bridgehead atoms. The van der Waals surface area contributed by atoms with E-state index in [1.54, 1.807) is 6.92 Å². The molecule has 1 heteroatoms. The molecule has 11 heavy (non-hydrogen) atoms. The average molecular weight is 152 g/mol. The predicted octanol–water partition coefficient (Wildman–Crippen LogP) is 2.26. The Balaban J connectivity index is 2.13. The van der Waals surface area contributed by atoms with Crippen molar-refractivity contribution in [3.05, 3.63) is 0 Å². The lowest BCUT2D eigenvalue weighted by molar-refractivity contribution is -0.121. The Labute approximate surface area is 68.2 Å². The summed E-state index contributed by atoms with van der Waals surface area (Å²) in [4.78, 5) is 11.2. The van der Waals surface area contributed by atoms with Crippen molar-refractivity contribution in [2.24, 2.45) is 23.2 Å². The second kappa shape index (κ2) is 1.88. The summed E-state index contributed by atoms with van der Waals surface area (Å²) >= 11 is 0. The van der Waals surface area contributed by atoms with E-state index >= 15 is 0 Å². The first-order valence-corrected chi connectivity index (χ1v) is 4.55. The second-order valence-corrected chi connectivity index (χ2v) is 4.75. The molecular formula is C10H16O. The maximum absolute atomic E-state index is 11.2. The van der Waals surface area contributed by atoms with Crippen LogP contribution in [0.25, 0.3) is 0 Å². The van der Waals surface area contributed by atoms with E-state index in [4.69, 9.17) is 0 Å². The van der Waals surface area contributed by atoms with Crippen molar-refractivity contribution in [2.75, 3.05) is 0 Å². The van der Waals surface area contributed by atoms with Gasteiger partial charge in [0.05, 0.1) is 0 Å². The Morgan fingerprint density at radius 1 is 1.36 bits per heavy atom. The van der Waals surface area contributed by atoms with Crippen LogP contribution < -0.4 is 0 Å². The minimum Gasteiger partial charge on any atom is -0.300 e. The van der Waals surface area contributed by atoms with Crippen LogP contribution in [-0.4, -0.2) is 5.78 Å². The zero-order valence-corrected chi connectivity index (χ0v) is 7.55. The van der Waals surface area contributed by atoms with Crippen LogP contribution in [0.2, 0.25) is 0 Å². The fraction of sp³-hybridized carbons (Fsp3) is 0.900. The standard InChI is InChI=1S/C10H16O/c1-6(11)7-4-5-8-9(7)10(8,2)3/h7-9H,4-5H2,1-3H3/t7-,8?,9?/m1/s1. The highest BCUT2D eigenvalue weighted by Crippen LogP contribution is 2.69. The fourth-order valence-electron chi connectivity index (χ4n) is 3.13. The number of Topliss-reactive ketones (excluding diaryl/α,β-unsaturated/α-hetero) is 1. The average Bonchev–Trinajstić information content (AvgIpc) is 2.34. The highest BCUT2D eigenvalue weighted by molar-refractivity contribution is 5.79. The van der Waals surface area contributed by atoms with Gasteiger partial charge in [-0.15, -0.1) is 0 Å². The molecule has 0 aromatic carbocycles. The van der Waals surface area contributed by atoms with Crippen molar-refractivity contribution in [1.29, 1.82) is 0 Å². The molecule has 2 rings (SSSR count). The molecule has 0 heterocycles. The molecule has 0 aromatic rings. The third-order valence-electron chi connectivity index (χ3n) is 3.88. The fourth-order valence-corrected chi connectivity index (χ4v) is 3.13. The van der Waals surface area contributed by atoms with Crippen molar-refractivity contribution in [2.45, 2.75) is 33.6 Å². The molecule has 0 saturated heterocycles. The lowest BCUT2D eigenvalue weighted by Gasteiger charge is -2.13. The van der Waals surface area contributed by atoms with Crippen LogP contribution in [-0.2, 0) is 4.79 Å². The third kappa shape index (κ3) is 0.800. The first kappa shape index (κ1) is 7.33. The first-order chi connectivity index (χ1) is 5.05. The van der Waals surface area contributed by atoms with E-state index < -0.39 is 0 Å². The smallest absolute Gasteiger partial charge is 0.133 e. The quantitative estimate of drug-likeness (QED) is 0.563. The number of carbonyl (C=O) groups is 1. The largest absolute Gasteiger partial charge is 0.300 e. The van der Waals surface area contributed by atoms with Gasteiger partial charge in [0, 0.05) is 5.92 Å². The molecule has 1 nitrogen and oxygen atoms in total. The van der Waals surface area contributed by atoms with Gasteiger partial charge in [-0.2, -0.15) is 0 Å².